The van der Waals surface area contributed by atoms with Crippen molar-refractivity contribution in [3.8, 4) is 0 Å². The fourth-order valence-corrected chi connectivity index (χ4v) is 2.14. The molecule has 0 aliphatic heterocycles. The molecule has 0 radical (unpaired) electrons. The van der Waals surface area contributed by atoms with Crippen LogP contribution >= 0.6 is 0 Å². The summed E-state index contributed by atoms with van der Waals surface area (Å²) in [6.45, 7) is 8.18. The summed E-state index contributed by atoms with van der Waals surface area (Å²) in [5.41, 5.74) is 8.26. The van der Waals surface area contributed by atoms with E-state index in [1.165, 1.54) is 64.2 Å². The van der Waals surface area contributed by atoms with Crippen LogP contribution in [-0.2, 0) is 9.63 Å². The zero-order valence-electron chi connectivity index (χ0n) is 14.5. The first kappa shape index (κ1) is 21.1. The molecular formula is C17H35N3O2. The number of hydrogen-bond acceptors (Lipinski definition) is 5. The van der Waals surface area contributed by atoms with Crippen molar-refractivity contribution in [2.45, 2.75) is 84.5 Å². The van der Waals surface area contributed by atoms with Gasteiger partial charge in [-0.25, -0.2) is 10.2 Å². The predicted octanol–water partition coefficient (Wildman–Crippen LogP) is 3.93. The fourth-order valence-electron chi connectivity index (χ4n) is 2.14. The van der Waals surface area contributed by atoms with Crippen LogP contribution in [0.4, 0.5) is 0 Å². The molecule has 0 rings (SSSR count). The normalized spacial score (nSPS) is 10.6. The molecule has 0 heterocycles. The molecule has 0 saturated heterocycles. The second kappa shape index (κ2) is 16.5. The molecule has 0 amide bonds. The molecule has 0 atom stereocenters. The van der Waals surface area contributed by atoms with E-state index in [0.29, 0.717) is 5.57 Å². The Morgan fingerprint density at radius 1 is 0.909 bits per heavy atom. The Bertz CT molecular complexity index is 283. The van der Waals surface area contributed by atoms with Crippen LogP contribution in [-0.4, -0.2) is 12.5 Å². The average Bonchev–Trinajstić information content (AvgIpc) is 2.50. The molecule has 0 aromatic rings. The first-order valence-electron chi connectivity index (χ1n) is 8.78. The lowest BCUT2D eigenvalue weighted by Crippen LogP contribution is -2.44. The molecule has 0 aromatic heterocycles. The van der Waals surface area contributed by atoms with E-state index in [1.54, 1.807) is 6.92 Å². The zero-order valence-corrected chi connectivity index (χ0v) is 14.5. The van der Waals surface area contributed by atoms with Gasteiger partial charge in [0.25, 0.3) is 0 Å². The van der Waals surface area contributed by atoms with Crippen LogP contribution < -0.4 is 16.5 Å². The molecule has 3 N–H and O–H groups in total. The highest BCUT2D eigenvalue weighted by Gasteiger charge is 2.01. The second-order valence-corrected chi connectivity index (χ2v) is 5.86. The topological polar surface area (TPSA) is 62.4 Å². The molecule has 5 nitrogen and oxygen atoms in total. The van der Waals surface area contributed by atoms with Gasteiger partial charge in [-0.15, -0.1) is 0 Å². The monoisotopic (exact) mass is 313 g/mol. The van der Waals surface area contributed by atoms with Crippen molar-refractivity contribution >= 4 is 5.97 Å². The molecule has 0 fully saturated rings. The van der Waals surface area contributed by atoms with Gasteiger partial charge in [0.05, 0.1) is 0 Å². The van der Waals surface area contributed by atoms with Crippen molar-refractivity contribution < 1.29 is 9.63 Å². The molecule has 22 heavy (non-hydrogen) atoms. The van der Waals surface area contributed by atoms with Gasteiger partial charge in [0.15, 0.2) is 0 Å². The Kier molecular flexibility index (Phi) is 15.8. The summed E-state index contributed by atoms with van der Waals surface area (Å²) < 4.78 is 0. The Hall–Kier alpha value is -0.910. The lowest BCUT2D eigenvalue weighted by atomic mass is 10.1. The van der Waals surface area contributed by atoms with Crippen LogP contribution in [0.25, 0.3) is 0 Å². The summed E-state index contributed by atoms with van der Waals surface area (Å²) in [7, 11) is 0. The molecule has 0 unspecified atom stereocenters. The van der Waals surface area contributed by atoms with E-state index in [4.69, 9.17) is 0 Å². The number of unbranched alkanes of at least 4 members (excludes halogenated alkanes) is 10. The predicted molar refractivity (Wildman–Crippen MR) is 91.6 cm³/mol. The van der Waals surface area contributed by atoms with E-state index < -0.39 is 5.97 Å². The molecule has 0 spiro atoms. The summed E-state index contributed by atoms with van der Waals surface area (Å²) in [6.07, 6.45) is 14.7. The van der Waals surface area contributed by atoms with Crippen LogP contribution in [0.2, 0.25) is 0 Å². The Labute approximate surface area is 136 Å². The standard InChI is InChI=1S/C17H35N3O2/c1-4-5-6-7-8-9-10-11-12-13-14-15-18-19-20-22-17(21)16(2)3/h18-20H,2,4-15H2,1,3H3. The van der Waals surface area contributed by atoms with Gasteiger partial charge in [0.2, 0.25) is 0 Å². The summed E-state index contributed by atoms with van der Waals surface area (Å²) in [5, 5.41) is 0. The number of hydrogen-bond donors (Lipinski definition) is 3. The lowest BCUT2D eigenvalue weighted by molar-refractivity contribution is -0.149. The molecule has 0 bridgehead atoms. The Balaban J connectivity index is 3.05. The van der Waals surface area contributed by atoms with Crippen LogP contribution in [0, 0.1) is 0 Å². The van der Waals surface area contributed by atoms with Crippen molar-refractivity contribution in [1.82, 2.24) is 16.5 Å². The molecular weight excluding hydrogens is 278 g/mol. The van der Waals surface area contributed by atoms with E-state index in [-0.39, 0.29) is 0 Å². The highest BCUT2D eigenvalue weighted by Crippen LogP contribution is 2.10. The molecule has 130 valence electrons. The molecule has 0 aliphatic carbocycles. The number of nitrogens with one attached hydrogen (secondary N) is 3. The minimum Gasteiger partial charge on any atom is -0.350 e. The van der Waals surface area contributed by atoms with E-state index in [9.17, 15) is 4.79 Å². The van der Waals surface area contributed by atoms with Gasteiger partial charge >= 0.3 is 5.97 Å². The van der Waals surface area contributed by atoms with E-state index in [2.05, 4.69) is 34.9 Å². The maximum atomic E-state index is 11.0. The van der Waals surface area contributed by atoms with Gasteiger partial charge in [0.1, 0.15) is 0 Å². The number of hydrazine groups is 2. The Morgan fingerprint density at radius 2 is 1.41 bits per heavy atom. The first-order chi connectivity index (χ1) is 10.7. The van der Waals surface area contributed by atoms with E-state index in [1.807, 2.05) is 0 Å². The number of carbonyl (C=O) groups is 1. The SMILES string of the molecule is C=C(C)C(=O)ONNNCCCCCCCCCCCCC. The number of rotatable bonds is 16. The van der Waals surface area contributed by atoms with Gasteiger partial charge in [-0.2, -0.15) is 5.53 Å². The minimum absolute atomic E-state index is 0.361. The van der Waals surface area contributed by atoms with Crippen LogP contribution in [0.5, 0.6) is 0 Å². The van der Waals surface area contributed by atoms with Crippen molar-refractivity contribution in [2.75, 3.05) is 6.54 Å². The van der Waals surface area contributed by atoms with Crippen LogP contribution in [0.3, 0.4) is 0 Å². The van der Waals surface area contributed by atoms with Gasteiger partial charge in [-0.1, -0.05) is 83.3 Å². The molecule has 0 aliphatic rings. The highest BCUT2D eigenvalue weighted by atomic mass is 16.7. The largest absolute Gasteiger partial charge is 0.353 e. The zero-order chi connectivity index (χ0) is 16.5. The minimum atomic E-state index is -0.469. The summed E-state index contributed by atoms with van der Waals surface area (Å²) in [6, 6.07) is 0. The van der Waals surface area contributed by atoms with Gasteiger partial charge in [-0.05, 0) is 13.3 Å². The summed E-state index contributed by atoms with van der Waals surface area (Å²) >= 11 is 0. The average molecular weight is 313 g/mol. The third-order valence-electron chi connectivity index (χ3n) is 3.54. The third kappa shape index (κ3) is 15.5. The van der Waals surface area contributed by atoms with Crippen molar-refractivity contribution in [3.63, 3.8) is 0 Å². The quantitative estimate of drug-likeness (QED) is 0.229. The molecule has 0 aromatic carbocycles. The molecule has 5 heteroatoms. The van der Waals surface area contributed by atoms with Crippen molar-refractivity contribution in [3.05, 3.63) is 12.2 Å². The highest BCUT2D eigenvalue weighted by molar-refractivity contribution is 5.86. The summed E-state index contributed by atoms with van der Waals surface area (Å²) in [4.78, 5) is 15.7. The molecule has 0 saturated carbocycles. The number of carbonyl (C=O) groups excluding carboxylic acids is 1. The van der Waals surface area contributed by atoms with Crippen LogP contribution in [0.1, 0.15) is 84.5 Å². The fraction of sp³-hybridized carbons (Fsp3) is 0.824. The maximum absolute atomic E-state index is 11.0. The lowest BCUT2D eigenvalue weighted by Gasteiger charge is -2.08. The van der Waals surface area contributed by atoms with E-state index >= 15 is 0 Å². The van der Waals surface area contributed by atoms with E-state index in [0.717, 1.165) is 13.0 Å². The van der Waals surface area contributed by atoms with Crippen LogP contribution in [0.15, 0.2) is 12.2 Å². The summed E-state index contributed by atoms with van der Waals surface area (Å²) in [5.74, 6) is -0.469. The van der Waals surface area contributed by atoms with Crippen molar-refractivity contribution in [1.29, 1.82) is 0 Å². The Morgan fingerprint density at radius 3 is 1.91 bits per heavy atom. The first-order valence-corrected chi connectivity index (χ1v) is 8.78. The van der Waals surface area contributed by atoms with Gasteiger partial charge in [-0.3, -0.25) is 0 Å². The van der Waals surface area contributed by atoms with Gasteiger partial charge in [0, 0.05) is 12.1 Å². The smallest absolute Gasteiger partial charge is 0.350 e. The van der Waals surface area contributed by atoms with Crippen molar-refractivity contribution in [2.24, 2.45) is 0 Å². The third-order valence-corrected chi connectivity index (χ3v) is 3.54. The maximum Gasteiger partial charge on any atom is 0.353 e. The van der Waals surface area contributed by atoms with Gasteiger partial charge < -0.3 is 4.84 Å². The second-order valence-electron chi connectivity index (χ2n) is 5.86.